The van der Waals surface area contributed by atoms with Crippen LogP contribution >= 0.6 is 11.3 Å². The Morgan fingerprint density at radius 3 is 2.76 bits per heavy atom. The van der Waals surface area contributed by atoms with Crippen molar-refractivity contribution in [3.8, 4) is 16.9 Å². The second kappa shape index (κ2) is 7.49. The fourth-order valence-corrected chi connectivity index (χ4v) is 5.65. The van der Waals surface area contributed by atoms with Crippen molar-refractivity contribution in [2.24, 2.45) is 7.05 Å². The molecule has 7 heteroatoms. The lowest BCUT2D eigenvalue weighted by Gasteiger charge is -2.20. The molecule has 0 spiro atoms. The Kier molecular flexibility index (Phi) is 4.55. The molecule has 2 aromatic carbocycles. The van der Waals surface area contributed by atoms with Crippen LogP contribution in [0.5, 0.6) is 5.75 Å². The van der Waals surface area contributed by atoms with Crippen molar-refractivity contribution in [2.45, 2.75) is 20.4 Å². The van der Waals surface area contributed by atoms with E-state index in [1.165, 1.54) is 4.88 Å². The summed E-state index contributed by atoms with van der Waals surface area (Å²) in [4.78, 5) is 24.4. The minimum absolute atomic E-state index is 0.0368. The summed E-state index contributed by atoms with van der Waals surface area (Å²) in [5.74, 6) is 1.79. The Morgan fingerprint density at radius 1 is 1.09 bits per heavy atom. The number of hydrogen-bond acceptors (Lipinski definition) is 4. The number of nitrogens with zero attached hydrogens (tertiary/aromatic N) is 3. The number of nitrogens with one attached hydrogen (secondary N) is 1. The number of H-pyrrole nitrogens is 1. The summed E-state index contributed by atoms with van der Waals surface area (Å²) in [5.41, 5.74) is 7.03. The monoisotopic (exact) mass is 456 g/mol. The van der Waals surface area contributed by atoms with Gasteiger partial charge in [0.2, 0.25) is 0 Å². The van der Waals surface area contributed by atoms with E-state index in [1.54, 1.807) is 11.3 Å². The topological polar surface area (TPSA) is 63.1 Å². The van der Waals surface area contributed by atoms with Crippen molar-refractivity contribution in [1.29, 1.82) is 0 Å². The van der Waals surface area contributed by atoms with E-state index in [1.807, 2.05) is 41.6 Å². The minimum atomic E-state index is 0.0368. The third kappa shape index (κ3) is 3.40. The van der Waals surface area contributed by atoms with Crippen molar-refractivity contribution < 1.29 is 9.53 Å². The molecule has 1 N–H and O–H groups in total. The predicted octanol–water partition coefficient (Wildman–Crippen LogP) is 5.43. The number of aromatic nitrogens is 3. The summed E-state index contributed by atoms with van der Waals surface area (Å²) in [6.45, 7) is 5.61. The van der Waals surface area contributed by atoms with E-state index in [9.17, 15) is 4.79 Å². The maximum absolute atomic E-state index is 13.5. The smallest absolute Gasteiger partial charge is 0.270 e. The molecule has 1 amide bonds. The van der Waals surface area contributed by atoms with Crippen LogP contribution in [-0.4, -0.2) is 38.5 Å². The molecule has 1 aliphatic heterocycles. The van der Waals surface area contributed by atoms with Crippen LogP contribution in [0.25, 0.3) is 32.4 Å². The summed E-state index contributed by atoms with van der Waals surface area (Å²) in [6, 6.07) is 16.6. The molecule has 0 bridgehead atoms. The van der Waals surface area contributed by atoms with Crippen molar-refractivity contribution in [3.05, 3.63) is 70.5 Å². The van der Waals surface area contributed by atoms with Gasteiger partial charge in [-0.1, -0.05) is 12.1 Å². The van der Waals surface area contributed by atoms with Crippen LogP contribution in [0.15, 0.2) is 48.5 Å². The van der Waals surface area contributed by atoms with Crippen LogP contribution in [0.4, 0.5) is 0 Å². The van der Waals surface area contributed by atoms with E-state index in [2.05, 4.69) is 47.2 Å². The van der Waals surface area contributed by atoms with Crippen LogP contribution in [-0.2, 0) is 13.6 Å². The van der Waals surface area contributed by atoms with Gasteiger partial charge in [0.25, 0.3) is 5.91 Å². The number of hydrogen-bond donors (Lipinski definition) is 1. The zero-order valence-electron chi connectivity index (χ0n) is 18.8. The molecule has 6 rings (SSSR count). The Bertz CT molecular complexity index is 1540. The summed E-state index contributed by atoms with van der Waals surface area (Å²) < 4.78 is 9.16. The summed E-state index contributed by atoms with van der Waals surface area (Å²) in [6.07, 6.45) is 0. The molecule has 0 aliphatic carbocycles. The van der Waals surface area contributed by atoms with Gasteiger partial charge < -0.3 is 19.2 Å². The first-order chi connectivity index (χ1) is 16.0. The molecular weight excluding hydrogens is 432 g/mol. The molecule has 1 aliphatic rings. The van der Waals surface area contributed by atoms with Crippen molar-refractivity contribution in [3.63, 3.8) is 0 Å². The molecule has 0 fully saturated rings. The Morgan fingerprint density at radius 2 is 1.91 bits per heavy atom. The molecule has 0 saturated carbocycles. The molecule has 5 aromatic rings. The van der Waals surface area contributed by atoms with Gasteiger partial charge in [-0.05, 0) is 61.4 Å². The van der Waals surface area contributed by atoms with E-state index in [4.69, 9.17) is 4.74 Å². The first kappa shape index (κ1) is 20.1. The normalized spacial score (nSPS) is 13.8. The quantitative estimate of drug-likeness (QED) is 0.385. The highest BCUT2D eigenvalue weighted by molar-refractivity contribution is 7.19. The van der Waals surface area contributed by atoms with Gasteiger partial charge in [-0.3, -0.25) is 4.79 Å². The highest BCUT2D eigenvalue weighted by Gasteiger charge is 2.24. The fraction of sp³-hybridized carbons (Fsp3) is 0.231. The molecule has 166 valence electrons. The zero-order chi connectivity index (χ0) is 22.7. The molecule has 0 atom stereocenters. The van der Waals surface area contributed by atoms with Crippen LogP contribution in [0, 0.1) is 13.8 Å². The molecule has 0 saturated heterocycles. The number of rotatable bonds is 2. The molecule has 33 heavy (non-hydrogen) atoms. The lowest BCUT2D eigenvalue weighted by Crippen LogP contribution is -2.33. The number of amides is 1. The van der Waals surface area contributed by atoms with E-state index in [-0.39, 0.29) is 5.91 Å². The van der Waals surface area contributed by atoms with Gasteiger partial charge in [-0.15, -0.1) is 11.3 Å². The van der Waals surface area contributed by atoms with Crippen LogP contribution in [0.3, 0.4) is 0 Å². The third-order valence-corrected chi connectivity index (χ3v) is 7.32. The van der Waals surface area contributed by atoms with Gasteiger partial charge >= 0.3 is 0 Å². The molecule has 0 unspecified atom stereocenters. The van der Waals surface area contributed by atoms with Crippen molar-refractivity contribution in [2.75, 3.05) is 13.2 Å². The van der Waals surface area contributed by atoms with Crippen LogP contribution < -0.4 is 4.74 Å². The maximum Gasteiger partial charge on any atom is 0.270 e. The van der Waals surface area contributed by atoms with E-state index < -0.39 is 0 Å². The van der Waals surface area contributed by atoms with Gasteiger partial charge in [-0.2, -0.15) is 0 Å². The molecular formula is C26H24N4O2S. The predicted molar refractivity (Wildman–Crippen MR) is 132 cm³/mol. The lowest BCUT2D eigenvalue weighted by atomic mass is 10.0. The number of benzene rings is 2. The molecule has 0 radical (unpaired) electrons. The number of carbonyl (C=O) groups excluding carboxylic acids is 1. The number of thiophene rings is 1. The summed E-state index contributed by atoms with van der Waals surface area (Å²) in [5, 5.41) is 0. The van der Waals surface area contributed by atoms with Crippen molar-refractivity contribution in [1.82, 2.24) is 19.4 Å². The van der Waals surface area contributed by atoms with Gasteiger partial charge in [0.05, 0.1) is 27.8 Å². The standard InChI is InChI=1S/C26H24N4O2S/c1-15-10-22-25(33-15)13-23(29(22)3)26(31)30-8-9-32-24-7-5-17(11-19(24)14-30)18-4-6-20-21(12-18)28-16(2)27-20/h4-7,10-13H,8-9,14H2,1-3H3,(H,27,28). The van der Waals surface area contributed by atoms with Gasteiger partial charge in [-0.25, -0.2) is 4.98 Å². The summed E-state index contributed by atoms with van der Waals surface area (Å²) in [7, 11) is 1.97. The van der Waals surface area contributed by atoms with Crippen LogP contribution in [0.2, 0.25) is 0 Å². The number of aryl methyl sites for hydroxylation is 3. The lowest BCUT2D eigenvalue weighted by molar-refractivity contribution is 0.0724. The highest BCUT2D eigenvalue weighted by atomic mass is 32.1. The Hall–Kier alpha value is -3.58. The van der Waals surface area contributed by atoms with Crippen molar-refractivity contribution >= 4 is 38.5 Å². The SMILES string of the molecule is Cc1nc2ccc(-c3ccc4c(c3)CN(C(=O)c3cc5sc(C)cc5n3C)CCO4)cc2[nH]1. The number of carbonyl (C=O) groups is 1. The largest absolute Gasteiger partial charge is 0.491 e. The van der Waals surface area contributed by atoms with E-state index >= 15 is 0 Å². The van der Waals surface area contributed by atoms with Gasteiger partial charge in [0, 0.05) is 24.0 Å². The Labute approximate surface area is 195 Å². The number of imidazole rings is 1. The number of aromatic amines is 1. The fourth-order valence-electron chi connectivity index (χ4n) is 4.67. The van der Waals surface area contributed by atoms with Crippen LogP contribution in [0.1, 0.15) is 26.8 Å². The first-order valence-electron chi connectivity index (χ1n) is 11.0. The second-order valence-electron chi connectivity index (χ2n) is 8.65. The zero-order valence-corrected chi connectivity index (χ0v) is 19.6. The first-order valence-corrected chi connectivity index (χ1v) is 11.9. The molecule has 4 heterocycles. The minimum Gasteiger partial charge on any atom is -0.491 e. The average Bonchev–Trinajstić information content (AvgIpc) is 3.38. The average molecular weight is 457 g/mol. The molecule has 3 aromatic heterocycles. The maximum atomic E-state index is 13.5. The number of ether oxygens (including phenoxy) is 1. The van der Waals surface area contributed by atoms with Gasteiger partial charge in [0.15, 0.2) is 0 Å². The highest BCUT2D eigenvalue weighted by Crippen LogP contribution is 2.32. The van der Waals surface area contributed by atoms with Gasteiger partial charge in [0.1, 0.15) is 23.9 Å². The number of fused-ring (bicyclic) bond motifs is 3. The molecule has 6 nitrogen and oxygen atoms in total. The summed E-state index contributed by atoms with van der Waals surface area (Å²) >= 11 is 1.72. The third-order valence-electron chi connectivity index (χ3n) is 6.33. The second-order valence-corrected chi connectivity index (χ2v) is 9.93. The van der Waals surface area contributed by atoms with E-state index in [0.29, 0.717) is 19.7 Å². The van der Waals surface area contributed by atoms with E-state index in [0.717, 1.165) is 55.2 Å². The Balaban J connectivity index is 1.33.